The van der Waals surface area contributed by atoms with Crippen molar-refractivity contribution in [1.29, 1.82) is 0 Å². The third-order valence-electron chi connectivity index (χ3n) is 1.59. The lowest BCUT2D eigenvalue weighted by Gasteiger charge is -2.02. The van der Waals surface area contributed by atoms with Crippen LogP contribution in [0.5, 0.6) is 5.75 Å². The molecule has 1 N–H and O–H groups in total. The van der Waals surface area contributed by atoms with Crippen LogP contribution in [-0.2, 0) is 11.2 Å². The van der Waals surface area contributed by atoms with Crippen molar-refractivity contribution in [3.05, 3.63) is 27.3 Å². The van der Waals surface area contributed by atoms with Gasteiger partial charge in [0.1, 0.15) is 12.0 Å². The molecule has 0 atom stereocenters. The SMILES string of the molecule is O=CCCc1cccc(O)c1I. The van der Waals surface area contributed by atoms with Gasteiger partial charge in [0, 0.05) is 6.42 Å². The summed E-state index contributed by atoms with van der Waals surface area (Å²) in [4.78, 5) is 10.1. The predicted molar refractivity (Wildman–Crippen MR) is 55.2 cm³/mol. The van der Waals surface area contributed by atoms with Crippen molar-refractivity contribution in [3.63, 3.8) is 0 Å². The van der Waals surface area contributed by atoms with Crippen LogP contribution in [0.1, 0.15) is 12.0 Å². The number of aldehydes is 1. The number of aromatic hydroxyl groups is 1. The summed E-state index contributed by atoms with van der Waals surface area (Å²) in [6.07, 6.45) is 2.11. The zero-order chi connectivity index (χ0) is 8.97. The highest BCUT2D eigenvalue weighted by molar-refractivity contribution is 14.1. The Morgan fingerprint density at radius 3 is 2.92 bits per heavy atom. The maximum Gasteiger partial charge on any atom is 0.129 e. The molecule has 0 spiro atoms. The number of hydrogen-bond acceptors (Lipinski definition) is 2. The molecule has 0 bridgehead atoms. The van der Waals surface area contributed by atoms with E-state index in [0.717, 1.165) is 15.4 Å². The van der Waals surface area contributed by atoms with E-state index in [9.17, 15) is 9.90 Å². The largest absolute Gasteiger partial charge is 0.507 e. The van der Waals surface area contributed by atoms with Crippen molar-refractivity contribution in [2.45, 2.75) is 12.8 Å². The second-order valence-corrected chi connectivity index (χ2v) is 3.53. The number of rotatable bonds is 3. The molecule has 0 amide bonds. The first-order valence-electron chi connectivity index (χ1n) is 3.65. The molecule has 2 nitrogen and oxygen atoms in total. The van der Waals surface area contributed by atoms with E-state index < -0.39 is 0 Å². The van der Waals surface area contributed by atoms with Gasteiger partial charge in [0.05, 0.1) is 3.57 Å². The highest BCUT2D eigenvalue weighted by Gasteiger charge is 2.02. The molecule has 0 aliphatic rings. The summed E-state index contributed by atoms with van der Waals surface area (Å²) >= 11 is 2.08. The highest BCUT2D eigenvalue weighted by Crippen LogP contribution is 2.23. The molecule has 0 aliphatic carbocycles. The molecule has 12 heavy (non-hydrogen) atoms. The van der Waals surface area contributed by atoms with Crippen LogP contribution in [0, 0.1) is 3.57 Å². The lowest BCUT2D eigenvalue weighted by molar-refractivity contribution is -0.107. The third kappa shape index (κ3) is 2.20. The van der Waals surface area contributed by atoms with Gasteiger partial charge in [-0.25, -0.2) is 0 Å². The molecule has 0 fully saturated rings. The molecular weight excluding hydrogens is 267 g/mol. The van der Waals surface area contributed by atoms with Crippen LogP contribution < -0.4 is 0 Å². The Morgan fingerprint density at radius 2 is 2.25 bits per heavy atom. The Balaban J connectivity index is 2.84. The van der Waals surface area contributed by atoms with Gasteiger partial charge in [-0.2, -0.15) is 0 Å². The van der Waals surface area contributed by atoms with Crippen LogP contribution in [0.2, 0.25) is 0 Å². The van der Waals surface area contributed by atoms with E-state index >= 15 is 0 Å². The Morgan fingerprint density at radius 1 is 1.50 bits per heavy atom. The first-order valence-corrected chi connectivity index (χ1v) is 4.73. The fraction of sp³-hybridized carbons (Fsp3) is 0.222. The number of benzene rings is 1. The third-order valence-corrected chi connectivity index (χ3v) is 2.84. The molecule has 0 aliphatic heterocycles. The van der Waals surface area contributed by atoms with E-state index in [0.29, 0.717) is 18.6 Å². The standard InChI is InChI=1S/C9H9IO2/c10-9-7(4-2-6-11)3-1-5-8(9)12/h1,3,5-6,12H,2,4H2. The Bertz CT molecular complexity index is 284. The fourth-order valence-electron chi connectivity index (χ4n) is 0.974. The molecule has 0 saturated heterocycles. The van der Waals surface area contributed by atoms with E-state index in [2.05, 4.69) is 22.6 Å². The van der Waals surface area contributed by atoms with Crippen LogP contribution in [0.3, 0.4) is 0 Å². The number of carbonyl (C=O) groups is 1. The quantitative estimate of drug-likeness (QED) is 0.678. The summed E-state index contributed by atoms with van der Waals surface area (Å²) in [6, 6.07) is 5.36. The van der Waals surface area contributed by atoms with Gasteiger partial charge in [-0.3, -0.25) is 0 Å². The van der Waals surface area contributed by atoms with E-state index in [-0.39, 0.29) is 0 Å². The molecule has 0 radical (unpaired) electrons. The minimum Gasteiger partial charge on any atom is -0.507 e. The van der Waals surface area contributed by atoms with Gasteiger partial charge in [0.25, 0.3) is 0 Å². The Labute approximate surface area is 84.7 Å². The molecule has 1 rings (SSSR count). The zero-order valence-electron chi connectivity index (χ0n) is 6.46. The van der Waals surface area contributed by atoms with Crippen molar-refractivity contribution in [3.8, 4) is 5.75 Å². The number of carbonyl (C=O) groups excluding carboxylic acids is 1. The summed E-state index contributed by atoms with van der Waals surface area (Å²) < 4.78 is 0.844. The van der Waals surface area contributed by atoms with Gasteiger partial charge in [-0.1, -0.05) is 12.1 Å². The summed E-state index contributed by atoms with van der Waals surface area (Å²) in [7, 11) is 0. The second-order valence-electron chi connectivity index (χ2n) is 2.46. The van der Waals surface area contributed by atoms with Gasteiger partial charge in [0.15, 0.2) is 0 Å². The highest BCUT2D eigenvalue weighted by atomic mass is 127. The minimum atomic E-state index is 0.291. The summed E-state index contributed by atoms with van der Waals surface area (Å²) in [6.45, 7) is 0. The normalized spacial score (nSPS) is 9.75. The average Bonchev–Trinajstić information content (AvgIpc) is 2.08. The lowest BCUT2D eigenvalue weighted by atomic mass is 10.1. The zero-order valence-corrected chi connectivity index (χ0v) is 8.61. The fourth-order valence-corrected chi connectivity index (χ4v) is 1.60. The van der Waals surface area contributed by atoms with E-state index in [1.54, 1.807) is 12.1 Å². The van der Waals surface area contributed by atoms with E-state index in [1.807, 2.05) is 6.07 Å². The summed E-state index contributed by atoms with van der Waals surface area (Å²) in [5.74, 6) is 0.291. The van der Waals surface area contributed by atoms with Gasteiger partial charge in [-0.15, -0.1) is 0 Å². The van der Waals surface area contributed by atoms with Crippen LogP contribution in [0.15, 0.2) is 18.2 Å². The number of hydrogen-bond donors (Lipinski definition) is 1. The maximum absolute atomic E-state index is 10.1. The summed E-state index contributed by atoms with van der Waals surface area (Å²) in [5.41, 5.74) is 1.03. The molecular formula is C9H9IO2. The molecule has 0 saturated carbocycles. The van der Waals surface area contributed by atoms with Crippen molar-refractivity contribution in [1.82, 2.24) is 0 Å². The molecule has 1 aromatic carbocycles. The summed E-state index contributed by atoms with van der Waals surface area (Å²) in [5, 5.41) is 9.30. The molecule has 0 heterocycles. The monoisotopic (exact) mass is 276 g/mol. The smallest absolute Gasteiger partial charge is 0.129 e. The van der Waals surface area contributed by atoms with Crippen LogP contribution >= 0.6 is 22.6 Å². The Kier molecular flexibility index (Phi) is 3.52. The topological polar surface area (TPSA) is 37.3 Å². The molecule has 0 unspecified atom stereocenters. The van der Waals surface area contributed by atoms with Gasteiger partial charge >= 0.3 is 0 Å². The van der Waals surface area contributed by atoms with E-state index in [1.165, 1.54) is 0 Å². The maximum atomic E-state index is 10.1. The van der Waals surface area contributed by atoms with Crippen molar-refractivity contribution >= 4 is 28.9 Å². The van der Waals surface area contributed by atoms with Crippen LogP contribution in [0.4, 0.5) is 0 Å². The number of phenolic OH excluding ortho intramolecular Hbond substituents is 1. The molecule has 64 valence electrons. The van der Waals surface area contributed by atoms with Crippen LogP contribution in [0.25, 0.3) is 0 Å². The lowest BCUT2D eigenvalue weighted by Crippen LogP contribution is -1.89. The molecule has 3 heteroatoms. The molecule has 1 aromatic rings. The molecule has 0 aromatic heterocycles. The van der Waals surface area contributed by atoms with Gasteiger partial charge in [-0.05, 0) is 40.6 Å². The predicted octanol–water partition coefficient (Wildman–Crippen LogP) is 2.13. The van der Waals surface area contributed by atoms with E-state index in [4.69, 9.17) is 0 Å². The number of phenols is 1. The van der Waals surface area contributed by atoms with Gasteiger partial charge in [0.2, 0.25) is 0 Å². The number of halogens is 1. The second kappa shape index (κ2) is 4.45. The van der Waals surface area contributed by atoms with Crippen molar-refractivity contribution in [2.75, 3.05) is 0 Å². The Hall–Kier alpha value is -0.580. The van der Waals surface area contributed by atoms with Gasteiger partial charge < -0.3 is 9.90 Å². The average molecular weight is 276 g/mol. The van der Waals surface area contributed by atoms with Crippen molar-refractivity contribution in [2.24, 2.45) is 0 Å². The minimum absolute atomic E-state index is 0.291. The van der Waals surface area contributed by atoms with Crippen LogP contribution in [-0.4, -0.2) is 11.4 Å². The first kappa shape index (κ1) is 9.51. The van der Waals surface area contributed by atoms with Crippen molar-refractivity contribution < 1.29 is 9.90 Å². The first-order chi connectivity index (χ1) is 5.75. The number of aryl methyl sites for hydroxylation is 1.